The number of nitrogens with one attached hydrogen (secondary N) is 1. The number of carboxylic acids is 1. The number of aromatic carboxylic acids is 1. The Morgan fingerprint density at radius 2 is 1.71 bits per heavy atom. The van der Waals surface area contributed by atoms with E-state index in [0.29, 0.717) is 24.3 Å². The molecule has 4 nitrogen and oxygen atoms in total. The molecule has 0 aromatic heterocycles. The van der Waals surface area contributed by atoms with Gasteiger partial charge in [-0.3, -0.25) is 4.79 Å². The van der Waals surface area contributed by atoms with Crippen LogP contribution in [0, 0.1) is 5.92 Å². The van der Waals surface area contributed by atoms with E-state index in [1.54, 1.807) is 24.3 Å². The summed E-state index contributed by atoms with van der Waals surface area (Å²) < 4.78 is 0. The van der Waals surface area contributed by atoms with Crippen LogP contribution in [-0.4, -0.2) is 17.0 Å². The maximum atomic E-state index is 12.4. The lowest BCUT2D eigenvalue weighted by molar-refractivity contribution is -0.122. The van der Waals surface area contributed by atoms with Crippen molar-refractivity contribution in [3.8, 4) is 0 Å². The van der Waals surface area contributed by atoms with Gasteiger partial charge >= 0.3 is 5.97 Å². The van der Waals surface area contributed by atoms with Crippen molar-refractivity contribution in [1.82, 2.24) is 5.32 Å². The Morgan fingerprint density at radius 1 is 1.04 bits per heavy atom. The van der Waals surface area contributed by atoms with Gasteiger partial charge in [-0.25, -0.2) is 4.79 Å². The Kier molecular flexibility index (Phi) is 4.94. The average molecular weight is 323 g/mol. The van der Waals surface area contributed by atoms with Crippen molar-refractivity contribution >= 4 is 11.9 Å². The molecule has 1 saturated carbocycles. The summed E-state index contributed by atoms with van der Waals surface area (Å²) in [5.41, 5.74) is 2.11. The summed E-state index contributed by atoms with van der Waals surface area (Å²) >= 11 is 0. The van der Waals surface area contributed by atoms with Crippen LogP contribution in [0.25, 0.3) is 0 Å². The highest BCUT2D eigenvalue weighted by Crippen LogP contribution is 2.40. The first kappa shape index (κ1) is 16.2. The largest absolute Gasteiger partial charge is 0.478 e. The minimum absolute atomic E-state index is 0.0315. The van der Waals surface area contributed by atoms with E-state index in [9.17, 15) is 14.7 Å². The second-order valence-corrected chi connectivity index (χ2v) is 6.26. The van der Waals surface area contributed by atoms with Crippen molar-refractivity contribution in [2.45, 2.75) is 31.7 Å². The van der Waals surface area contributed by atoms with E-state index < -0.39 is 5.97 Å². The van der Waals surface area contributed by atoms with E-state index in [-0.39, 0.29) is 17.5 Å². The third-order valence-corrected chi connectivity index (χ3v) is 4.44. The van der Waals surface area contributed by atoms with Crippen LogP contribution in [0.1, 0.15) is 46.8 Å². The molecule has 0 aliphatic heterocycles. The average Bonchev–Trinajstić information content (AvgIpc) is 3.43. The number of hydrogen-bond acceptors (Lipinski definition) is 2. The first-order valence-corrected chi connectivity index (χ1v) is 8.30. The third kappa shape index (κ3) is 4.02. The number of amides is 1. The quantitative estimate of drug-likeness (QED) is 0.818. The topological polar surface area (TPSA) is 66.4 Å². The van der Waals surface area contributed by atoms with Crippen LogP contribution in [0.15, 0.2) is 54.6 Å². The molecule has 1 amide bonds. The normalized spacial score (nSPS) is 14.8. The van der Waals surface area contributed by atoms with Crippen LogP contribution in [0.5, 0.6) is 0 Å². The van der Waals surface area contributed by atoms with Gasteiger partial charge in [0.25, 0.3) is 0 Å². The molecule has 0 spiro atoms. The Morgan fingerprint density at radius 3 is 2.38 bits per heavy atom. The number of carbonyl (C=O) groups excluding carboxylic acids is 1. The lowest BCUT2D eigenvalue weighted by atomic mass is 10.0. The van der Waals surface area contributed by atoms with E-state index in [0.717, 1.165) is 18.4 Å². The van der Waals surface area contributed by atoms with Crippen molar-refractivity contribution in [3.05, 3.63) is 71.3 Å². The van der Waals surface area contributed by atoms with Crippen LogP contribution >= 0.6 is 0 Å². The zero-order valence-electron chi connectivity index (χ0n) is 13.4. The van der Waals surface area contributed by atoms with E-state index in [4.69, 9.17) is 0 Å². The van der Waals surface area contributed by atoms with Gasteiger partial charge in [-0.1, -0.05) is 48.5 Å². The molecule has 1 atom stereocenters. The number of carboxylic acid groups (broad SMARTS) is 1. The van der Waals surface area contributed by atoms with Crippen molar-refractivity contribution in [1.29, 1.82) is 0 Å². The summed E-state index contributed by atoms with van der Waals surface area (Å²) in [6, 6.07) is 16.9. The molecule has 1 aliphatic rings. The first-order chi connectivity index (χ1) is 11.6. The molecule has 2 aromatic carbocycles. The van der Waals surface area contributed by atoms with Gasteiger partial charge in [-0.05, 0) is 42.4 Å². The molecule has 0 bridgehead atoms. The number of aryl methyl sites for hydroxylation is 1. The number of hydrogen-bond donors (Lipinski definition) is 2. The Bertz CT molecular complexity index is 723. The fourth-order valence-electron chi connectivity index (χ4n) is 3.00. The van der Waals surface area contributed by atoms with Crippen molar-refractivity contribution < 1.29 is 14.7 Å². The number of rotatable bonds is 7. The summed E-state index contributed by atoms with van der Waals surface area (Å²) in [5, 5.41) is 12.3. The predicted octanol–water partition coefficient (Wildman–Crippen LogP) is 3.58. The summed E-state index contributed by atoms with van der Waals surface area (Å²) in [6.45, 7) is 0. The van der Waals surface area contributed by atoms with Gasteiger partial charge in [-0.2, -0.15) is 0 Å². The molecular weight excluding hydrogens is 302 g/mol. The summed E-state index contributed by atoms with van der Waals surface area (Å²) in [7, 11) is 0. The molecule has 0 radical (unpaired) electrons. The molecule has 0 heterocycles. The molecule has 0 saturated heterocycles. The zero-order valence-corrected chi connectivity index (χ0v) is 13.4. The second-order valence-electron chi connectivity index (χ2n) is 6.26. The second kappa shape index (κ2) is 7.30. The van der Waals surface area contributed by atoms with Gasteiger partial charge < -0.3 is 10.4 Å². The van der Waals surface area contributed by atoms with E-state index in [1.165, 1.54) is 0 Å². The summed E-state index contributed by atoms with van der Waals surface area (Å²) in [6.07, 6.45) is 3.00. The monoisotopic (exact) mass is 323 g/mol. The molecule has 1 aliphatic carbocycles. The molecule has 3 rings (SSSR count). The molecule has 1 unspecified atom stereocenters. The summed E-state index contributed by atoms with van der Waals surface area (Å²) in [5.74, 6) is -0.468. The lowest BCUT2D eigenvalue weighted by Gasteiger charge is -2.19. The maximum Gasteiger partial charge on any atom is 0.335 e. The van der Waals surface area contributed by atoms with E-state index >= 15 is 0 Å². The highest BCUT2D eigenvalue weighted by molar-refractivity contribution is 5.89. The van der Waals surface area contributed by atoms with Gasteiger partial charge in [0.15, 0.2) is 0 Å². The number of benzene rings is 2. The number of carbonyl (C=O) groups is 2. The zero-order chi connectivity index (χ0) is 16.9. The van der Waals surface area contributed by atoms with Crippen LogP contribution < -0.4 is 5.32 Å². The third-order valence-electron chi connectivity index (χ3n) is 4.44. The SMILES string of the molecule is O=C(CCc1ccccc1C(=O)O)NC(c1ccccc1)C1CC1. The van der Waals surface area contributed by atoms with E-state index in [2.05, 4.69) is 5.32 Å². The highest BCUT2D eigenvalue weighted by Gasteiger charge is 2.33. The molecule has 1 fully saturated rings. The van der Waals surface area contributed by atoms with Gasteiger partial charge in [0.2, 0.25) is 5.91 Å². The van der Waals surface area contributed by atoms with Gasteiger partial charge in [-0.15, -0.1) is 0 Å². The molecule has 4 heteroatoms. The smallest absolute Gasteiger partial charge is 0.335 e. The fourth-order valence-corrected chi connectivity index (χ4v) is 3.00. The fraction of sp³-hybridized carbons (Fsp3) is 0.300. The van der Waals surface area contributed by atoms with Gasteiger partial charge in [0, 0.05) is 6.42 Å². The minimum atomic E-state index is -0.953. The predicted molar refractivity (Wildman–Crippen MR) is 91.8 cm³/mol. The van der Waals surface area contributed by atoms with Crippen LogP contribution in [-0.2, 0) is 11.2 Å². The minimum Gasteiger partial charge on any atom is -0.478 e. The Hall–Kier alpha value is -2.62. The standard InChI is InChI=1S/C20H21NO3/c22-18(13-12-14-6-4-5-9-17(14)20(23)24)21-19(16-10-11-16)15-7-2-1-3-8-15/h1-9,16,19H,10-13H2,(H,21,22)(H,23,24). The molecule has 124 valence electrons. The Balaban J connectivity index is 1.62. The van der Waals surface area contributed by atoms with Crippen LogP contribution in [0.2, 0.25) is 0 Å². The maximum absolute atomic E-state index is 12.4. The van der Waals surface area contributed by atoms with Gasteiger partial charge in [0.1, 0.15) is 0 Å². The van der Waals surface area contributed by atoms with Crippen molar-refractivity contribution in [2.75, 3.05) is 0 Å². The highest BCUT2D eigenvalue weighted by atomic mass is 16.4. The van der Waals surface area contributed by atoms with Gasteiger partial charge in [0.05, 0.1) is 11.6 Å². The lowest BCUT2D eigenvalue weighted by Crippen LogP contribution is -2.30. The molecule has 2 N–H and O–H groups in total. The molecule has 2 aromatic rings. The molecule has 24 heavy (non-hydrogen) atoms. The van der Waals surface area contributed by atoms with E-state index in [1.807, 2.05) is 30.3 Å². The summed E-state index contributed by atoms with van der Waals surface area (Å²) in [4.78, 5) is 23.6. The van der Waals surface area contributed by atoms with Crippen LogP contribution in [0.4, 0.5) is 0 Å². The first-order valence-electron chi connectivity index (χ1n) is 8.30. The Labute approximate surface area is 141 Å². The van der Waals surface area contributed by atoms with Crippen molar-refractivity contribution in [2.24, 2.45) is 5.92 Å². The molecular formula is C20H21NO3. The van der Waals surface area contributed by atoms with Crippen LogP contribution in [0.3, 0.4) is 0 Å². The van der Waals surface area contributed by atoms with Crippen molar-refractivity contribution in [3.63, 3.8) is 0 Å².